The Bertz CT molecular complexity index is 824. The highest BCUT2D eigenvalue weighted by Gasteiger charge is 2.25. The third-order valence-electron chi connectivity index (χ3n) is 2.90. The molecule has 2 amide bonds. The first-order valence-electron chi connectivity index (χ1n) is 7.47. The highest BCUT2D eigenvalue weighted by Crippen LogP contribution is 2.26. The summed E-state index contributed by atoms with van der Waals surface area (Å²) in [4.78, 5) is 42.7. The van der Waals surface area contributed by atoms with Gasteiger partial charge in [0, 0.05) is 17.2 Å². The summed E-state index contributed by atoms with van der Waals surface area (Å²) < 4.78 is 5.07. The van der Waals surface area contributed by atoms with E-state index in [4.69, 9.17) is 10.5 Å². The molecule has 1 atom stereocenters. The number of carboxylic acid groups (broad SMARTS) is 1. The maximum absolute atomic E-state index is 11.8. The second-order valence-electron chi connectivity index (χ2n) is 6.27. The van der Waals surface area contributed by atoms with Crippen molar-refractivity contribution in [3.8, 4) is 10.7 Å². The standard InChI is InChI=1S/C15H18N4O5S2/c1-15(2,3)24-14(23)19-7(13(21)22)4-10-17-9(6-25-10)12-18-8(5-26-12)11(16)20/h5-7H,4H2,1-3H3,(H2,16,20)(H,19,23)(H,21,22)/t7-/m0/s1. The molecule has 0 saturated heterocycles. The van der Waals surface area contributed by atoms with E-state index in [0.717, 1.165) is 0 Å². The van der Waals surface area contributed by atoms with Crippen LogP contribution in [0.1, 0.15) is 36.3 Å². The van der Waals surface area contributed by atoms with Gasteiger partial charge in [0.2, 0.25) is 0 Å². The van der Waals surface area contributed by atoms with Gasteiger partial charge in [-0.2, -0.15) is 0 Å². The summed E-state index contributed by atoms with van der Waals surface area (Å²) in [6, 6.07) is -1.18. The molecule has 2 heterocycles. The van der Waals surface area contributed by atoms with Gasteiger partial charge < -0.3 is 20.9 Å². The van der Waals surface area contributed by atoms with Crippen LogP contribution >= 0.6 is 22.7 Å². The van der Waals surface area contributed by atoms with Crippen molar-refractivity contribution in [3.05, 3.63) is 21.5 Å². The number of ether oxygens (including phenoxy) is 1. The minimum absolute atomic E-state index is 0.00665. The van der Waals surface area contributed by atoms with E-state index in [1.807, 2.05) is 0 Å². The average molecular weight is 398 g/mol. The number of aliphatic carboxylic acids is 1. The van der Waals surface area contributed by atoms with E-state index in [1.54, 1.807) is 26.2 Å². The Morgan fingerprint density at radius 2 is 1.96 bits per heavy atom. The van der Waals surface area contributed by atoms with Gasteiger partial charge in [-0.05, 0) is 20.8 Å². The number of nitrogens with two attached hydrogens (primary N) is 1. The normalized spacial score (nSPS) is 12.4. The van der Waals surface area contributed by atoms with E-state index < -0.39 is 29.6 Å². The summed E-state index contributed by atoms with van der Waals surface area (Å²) in [6.07, 6.45) is -0.819. The zero-order valence-electron chi connectivity index (χ0n) is 14.3. The predicted molar refractivity (Wildman–Crippen MR) is 96.2 cm³/mol. The maximum Gasteiger partial charge on any atom is 0.408 e. The first-order chi connectivity index (χ1) is 12.0. The number of rotatable bonds is 6. The van der Waals surface area contributed by atoms with Crippen molar-refractivity contribution in [2.24, 2.45) is 5.73 Å². The maximum atomic E-state index is 11.8. The van der Waals surface area contributed by atoms with Crippen LogP contribution in [-0.2, 0) is 16.0 Å². The van der Waals surface area contributed by atoms with E-state index in [0.29, 0.717) is 15.7 Å². The van der Waals surface area contributed by atoms with Crippen LogP contribution in [0.2, 0.25) is 0 Å². The molecule has 0 aliphatic carbocycles. The molecule has 2 rings (SSSR count). The Kier molecular flexibility index (Phi) is 5.93. The molecule has 0 aromatic carbocycles. The van der Waals surface area contributed by atoms with E-state index in [9.17, 15) is 19.5 Å². The lowest BCUT2D eigenvalue weighted by Gasteiger charge is -2.21. The Hall–Kier alpha value is -2.53. The van der Waals surface area contributed by atoms with Crippen molar-refractivity contribution < 1.29 is 24.2 Å². The minimum atomic E-state index is -1.20. The number of thiazole rings is 2. The van der Waals surface area contributed by atoms with Crippen molar-refractivity contribution in [1.29, 1.82) is 0 Å². The van der Waals surface area contributed by atoms with Crippen LogP contribution in [0.15, 0.2) is 10.8 Å². The number of amides is 2. The van der Waals surface area contributed by atoms with Crippen molar-refractivity contribution in [3.63, 3.8) is 0 Å². The van der Waals surface area contributed by atoms with Gasteiger partial charge in [-0.3, -0.25) is 4.79 Å². The topological polar surface area (TPSA) is 144 Å². The molecule has 0 spiro atoms. The van der Waals surface area contributed by atoms with E-state index >= 15 is 0 Å². The summed E-state index contributed by atoms with van der Waals surface area (Å²) in [6.45, 7) is 5.05. The van der Waals surface area contributed by atoms with Crippen molar-refractivity contribution in [2.45, 2.75) is 38.8 Å². The zero-order valence-corrected chi connectivity index (χ0v) is 15.9. The van der Waals surface area contributed by atoms with Gasteiger partial charge in [-0.25, -0.2) is 19.6 Å². The highest BCUT2D eigenvalue weighted by atomic mass is 32.1. The molecule has 0 radical (unpaired) electrons. The number of hydrogen-bond donors (Lipinski definition) is 3. The molecule has 2 aromatic heterocycles. The SMILES string of the molecule is CC(C)(C)OC(=O)N[C@@H](Cc1nc(-c2nc(C(N)=O)cs2)cs1)C(=O)O. The second-order valence-corrected chi connectivity index (χ2v) is 8.07. The molecule has 4 N–H and O–H groups in total. The molecule has 11 heteroatoms. The summed E-state index contributed by atoms with van der Waals surface area (Å²) in [5, 5.41) is 15.9. The summed E-state index contributed by atoms with van der Waals surface area (Å²) >= 11 is 2.44. The van der Waals surface area contributed by atoms with Crippen molar-refractivity contribution >= 4 is 40.6 Å². The largest absolute Gasteiger partial charge is 0.480 e. The number of carbonyl (C=O) groups excluding carboxylic acids is 2. The molecular weight excluding hydrogens is 380 g/mol. The van der Waals surface area contributed by atoms with E-state index in [1.165, 1.54) is 28.1 Å². The Morgan fingerprint density at radius 3 is 2.50 bits per heavy atom. The molecule has 26 heavy (non-hydrogen) atoms. The van der Waals surface area contributed by atoms with Crippen LogP contribution < -0.4 is 11.1 Å². The monoisotopic (exact) mass is 398 g/mol. The van der Waals surface area contributed by atoms with Gasteiger partial charge in [0.05, 0.1) is 5.01 Å². The number of nitrogens with zero attached hydrogens (tertiary/aromatic N) is 2. The van der Waals surface area contributed by atoms with Crippen LogP contribution in [0.25, 0.3) is 10.7 Å². The molecule has 0 aliphatic rings. The lowest BCUT2D eigenvalue weighted by atomic mass is 10.2. The fourth-order valence-corrected chi connectivity index (χ4v) is 3.50. The molecule has 0 fully saturated rings. The number of nitrogens with one attached hydrogen (secondary N) is 1. The number of carbonyl (C=O) groups is 3. The minimum Gasteiger partial charge on any atom is -0.480 e. The number of alkyl carbamates (subject to hydrolysis) is 1. The molecule has 2 aromatic rings. The first kappa shape index (κ1) is 19.8. The van der Waals surface area contributed by atoms with E-state index in [-0.39, 0.29) is 12.1 Å². The lowest BCUT2D eigenvalue weighted by molar-refractivity contribution is -0.139. The molecule has 0 saturated carbocycles. The number of primary amides is 1. The van der Waals surface area contributed by atoms with Crippen LogP contribution in [-0.4, -0.2) is 44.7 Å². The zero-order chi connectivity index (χ0) is 19.5. The van der Waals surface area contributed by atoms with Gasteiger partial charge in [-0.15, -0.1) is 22.7 Å². The lowest BCUT2D eigenvalue weighted by Crippen LogP contribution is -2.44. The number of aromatic nitrogens is 2. The van der Waals surface area contributed by atoms with Crippen LogP contribution in [0.5, 0.6) is 0 Å². The summed E-state index contributed by atoms with van der Waals surface area (Å²) in [5.74, 6) is -1.83. The summed E-state index contributed by atoms with van der Waals surface area (Å²) in [7, 11) is 0. The predicted octanol–water partition coefficient (Wildman–Crippen LogP) is 1.89. The van der Waals surface area contributed by atoms with Crippen LogP contribution in [0.3, 0.4) is 0 Å². The van der Waals surface area contributed by atoms with Crippen molar-refractivity contribution in [2.75, 3.05) is 0 Å². The third kappa shape index (κ3) is 5.49. The summed E-state index contributed by atoms with van der Waals surface area (Å²) in [5.41, 5.74) is 5.10. The molecule has 0 aliphatic heterocycles. The third-order valence-corrected chi connectivity index (χ3v) is 4.63. The average Bonchev–Trinajstić information content (AvgIpc) is 3.12. The number of carboxylic acids is 1. The van der Waals surface area contributed by atoms with Gasteiger partial charge in [0.15, 0.2) is 0 Å². The highest BCUT2D eigenvalue weighted by molar-refractivity contribution is 7.14. The molecule has 0 bridgehead atoms. The number of hydrogen-bond acceptors (Lipinski definition) is 8. The van der Waals surface area contributed by atoms with Crippen LogP contribution in [0.4, 0.5) is 4.79 Å². The van der Waals surface area contributed by atoms with Crippen molar-refractivity contribution in [1.82, 2.24) is 15.3 Å². The molecule has 9 nitrogen and oxygen atoms in total. The Labute approximate surface area is 157 Å². The van der Waals surface area contributed by atoms with Gasteiger partial charge >= 0.3 is 12.1 Å². The molecule has 0 unspecified atom stereocenters. The van der Waals surface area contributed by atoms with Gasteiger partial charge in [-0.1, -0.05) is 0 Å². The fourth-order valence-electron chi connectivity index (χ4n) is 1.83. The Balaban J connectivity index is 2.07. The van der Waals surface area contributed by atoms with Crippen LogP contribution in [0, 0.1) is 0 Å². The van der Waals surface area contributed by atoms with E-state index in [2.05, 4.69) is 15.3 Å². The Morgan fingerprint density at radius 1 is 1.27 bits per heavy atom. The smallest absolute Gasteiger partial charge is 0.408 e. The molecular formula is C15H18N4O5S2. The molecule has 140 valence electrons. The quantitative estimate of drug-likeness (QED) is 0.673. The van der Waals surface area contributed by atoms with Gasteiger partial charge in [0.1, 0.15) is 28.0 Å². The fraction of sp³-hybridized carbons (Fsp3) is 0.400. The second kappa shape index (κ2) is 7.79. The first-order valence-corrected chi connectivity index (χ1v) is 9.23. The van der Waals surface area contributed by atoms with Gasteiger partial charge in [0.25, 0.3) is 5.91 Å².